The molecule has 12 heteroatoms. The summed E-state index contributed by atoms with van der Waals surface area (Å²) in [6.07, 6.45) is 5.96. The van der Waals surface area contributed by atoms with E-state index in [0.29, 0.717) is 32.7 Å². The molecule has 2 fully saturated rings. The Labute approximate surface area is 181 Å². The summed E-state index contributed by atoms with van der Waals surface area (Å²) in [6, 6.07) is 0. The predicted octanol–water partition coefficient (Wildman–Crippen LogP) is 0.173. The largest absolute Gasteiger partial charge is 0.381 e. The van der Waals surface area contributed by atoms with Gasteiger partial charge in [-0.15, -0.1) is 5.10 Å². The molecule has 2 aliphatic rings. The molecule has 1 atom stereocenters. The number of fused-ring (bicyclic) bond motifs is 1. The van der Waals surface area contributed by atoms with E-state index in [1.54, 1.807) is 4.90 Å². The van der Waals surface area contributed by atoms with Gasteiger partial charge in [0.1, 0.15) is 0 Å². The maximum absolute atomic E-state index is 14.6. The first-order chi connectivity index (χ1) is 15.5. The van der Waals surface area contributed by atoms with Crippen LogP contribution in [0.25, 0.3) is 16.7 Å². The van der Waals surface area contributed by atoms with E-state index in [0.717, 1.165) is 6.20 Å². The molecule has 2 aliphatic heterocycles. The van der Waals surface area contributed by atoms with Crippen molar-refractivity contribution in [2.24, 2.45) is 5.92 Å². The number of nitrogens with one attached hydrogen (secondary N) is 1. The third kappa shape index (κ3) is 3.42. The number of Topliss-reactive ketones (excluding diaryl/α,β-unsaturated/α-hetero) is 1. The molecule has 3 aromatic rings. The predicted molar refractivity (Wildman–Crippen MR) is 107 cm³/mol. The molecule has 0 spiro atoms. The van der Waals surface area contributed by atoms with E-state index in [2.05, 4.69) is 20.3 Å². The van der Waals surface area contributed by atoms with Crippen molar-refractivity contribution in [1.29, 1.82) is 0 Å². The normalized spacial score (nSPS) is 19.0. The van der Waals surface area contributed by atoms with Crippen LogP contribution in [0.3, 0.4) is 0 Å². The number of rotatable bonds is 4. The van der Waals surface area contributed by atoms with Gasteiger partial charge in [0.05, 0.1) is 47.6 Å². The molecule has 5 heterocycles. The lowest BCUT2D eigenvalue weighted by molar-refractivity contribution is -0.140. The van der Waals surface area contributed by atoms with E-state index in [1.807, 2.05) is 0 Å². The van der Waals surface area contributed by atoms with Gasteiger partial charge >= 0.3 is 0 Å². The molecule has 1 N–H and O–H groups in total. The Morgan fingerprint density at radius 3 is 2.62 bits per heavy atom. The highest BCUT2D eigenvalue weighted by Crippen LogP contribution is 2.26. The van der Waals surface area contributed by atoms with E-state index >= 15 is 0 Å². The van der Waals surface area contributed by atoms with Gasteiger partial charge in [0, 0.05) is 39.0 Å². The van der Waals surface area contributed by atoms with Crippen LogP contribution in [-0.2, 0) is 14.3 Å². The maximum Gasteiger partial charge on any atom is 0.295 e. The fourth-order valence-electron chi connectivity index (χ4n) is 4.14. The second-order valence-corrected chi connectivity index (χ2v) is 7.74. The lowest BCUT2D eigenvalue weighted by atomic mass is 10.1. The first-order valence-electron chi connectivity index (χ1n) is 10.3. The van der Waals surface area contributed by atoms with Crippen molar-refractivity contribution in [3.05, 3.63) is 36.2 Å². The first kappa shape index (κ1) is 20.2. The third-order valence-corrected chi connectivity index (χ3v) is 5.88. The Morgan fingerprint density at radius 1 is 1.16 bits per heavy atom. The third-order valence-electron chi connectivity index (χ3n) is 5.88. The maximum atomic E-state index is 14.6. The Balaban J connectivity index is 1.33. The average Bonchev–Trinajstić information content (AvgIpc) is 3.60. The van der Waals surface area contributed by atoms with Gasteiger partial charge in [-0.2, -0.15) is 0 Å². The number of carbonyl (C=O) groups excluding carboxylic acids is 3. The number of pyridine rings is 1. The quantitative estimate of drug-likeness (QED) is 0.452. The van der Waals surface area contributed by atoms with Crippen LogP contribution in [0.5, 0.6) is 0 Å². The van der Waals surface area contributed by atoms with Crippen LogP contribution in [0.1, 0.15) is 16.8 Å². The van der Waals surface area contributed by atoms with Crippen molar-refractivity contribution in [1.82, 2.24) is 34.8 Å². The van der Waals surface area contributed by atoms with Crippen molar-refractivity contribution in [2.45, 2.75) is 6.42 Å². The number of amides is 2. The highest BCUT2D eigenvalue weighted by atomic mass is 19.1. The van der Waals surface area contributed by atoms with E-state index in [-0.39, 0.29) is 47.2 Å². The number of aromatic amines is 1. The minimum Gasteiger partial charge on any atom is -0.381 e. The van der Waals surface area contributed by atoms with Gasteiger partial charge in [0.25, 0.3) is 11.7 Å². The lowest BCUT2D eigenvalue weighted by Gasteiger charge is -2.35. The van der Waals surface area contributed by atoms with Crippen LogP contribution in [0.15, 0.2) is 24.8 Å². The molecular formula is C20H20FN7O4. The van der Waals surface area contributed by atoms with Crippen LogP contribution < -0.4 is 0 Å². The average molecular weight is 441 g/mol. The van der Waals surface area contributed by atoms with Crippen LogP contribution in [0, 0.1) is 11.7 Å². The van der Waals surface area contributed by atoms with Crippen LogP contribution in [0.2, 0.25) is 0 Å². The van der Waals surface area contributed by atoms with Gasteiger partial charge in [-0.3, -0.25) is 14.4 Å². The van der Waals surface area contributed by atoms with Crippen molar-refractivity contribution in [3.8, 4) is 5.82 Å². The summed E-state index contributed by atoms with van der Waals surface area (Å²) >= 11 is 0. The Bertz CT molecular complexity index is 1180. The molecule has 0 aliphatic carbocycles. The SMILES string of the molecule is O=C(C(=O)N1CCN(C(=O)C2CCOC2)CC1)c1c[nH]c2c(-n3ccnn3)ncc(F)c12. The Kier molecular flexibility index (Phi) is 5.13. The van der Waals surface area contributed by atoms with Crippen LogP contribution in [0.4, 0.5) is 4.39 Å². The molecule has 0 aromatic carbocycles. The molecular weight excluding hydrogens is 421 g/mol. The zero-order chi connectivity index (χ0) is 22.2. The molecule has 11 nitrogen and oxygen atoms in total. The first-order valence-corrected chi connectivity index (χ1v) is 10.3. The molecule has 2 saturated heterocycles. The van der Waals surface area contributed by atoms with E-state index < -0.39 is 17.5 Å². The number of aromatic nitrogens is 5. The van der Waals surface area contributed by atoms with Crippen molar-refractivity contribution in [2.75, 3.05) is 39.4 Å². The number of ether oxygens (including phenoxy) is 1. The zero-order valence-corrected chi connectivity index (χ0v) is 17.0. The topological polar surface area (TPSA) is 126 Å². The summed E-state index contributed by atoms with van der Waals surface area (Å²) in [7, 11) is 0. The van der Waals surface area contributed by atoms with Crippen molar-refractivity contribution >= 4 is 28.5 Å². The molecule has 3 aromatic heterocycles. The van der Waals surface area contributed by atoms with Crippen molar-refractivity contribution in [3.63, 3.8) is 0 Å². The fraction of sp³-hybridized carbons (Fsp3) is 0.400. The number of hydrogen-bond donors (Lipinski definition) is 1. The standard InChI is InChI=1S/C20H20FN7O4/c21-14-10-23-18(28-3-2-24-25-28)16-15(14)13(9-22-16)17(29)20(31)27-6-4-26(5-7-27)19(30)12-1-8-32-11-12/h2-3,9-10,12,22H,1,4-8,11H2. The highest BCUT2D eigenvalue weighted by Gasteiger charge is 2.33. The van der Waals surface area contributed by atoms with Gasteiger partial charge in [-0.1, -0.05) is 5.21 Å². The number of ketones is 1. The van der Waals surface area contributed by atoms with Crippen molar-refractivity contribution < 1.29 is 23.5 Å². The number of hydrogen-bond acceptors (Lipinski definition) is 7. The molecule has 5 rings (SSSR count). The fourth-order valence-corrected chi connectivity index (χ4v) is 4.14. The van der Waals surface area contributed by atoms with Gasteiger partial charge in [0.2, 0.25) is 5.91 Å². The number of nitrogens with zero attached hydrogens (tertiary/aromatic N) is 6. The molecule has 1 unspecified atom stereocenters. The van der Waals surface area contributed by atoms with Crippen LogP contribution in [-0.4, -0.2) is 91.8 Å². The Hall–Kier alpha value is -3.67. The number of halogens is 1. The summed E-state index contributed by atoms with van der Waals surface area (Å²) in [5.41, 5.74) is 0.161. The molecule has 0 saturated carbocycles. The van der Waals surface area contributed by atoms with E-state index in [4.69, 9.17) is 4.74 Å². The van der Waals surface area contributed by atoms with Gasteiger partial charge in [-0.05, 0) is 6.42 Å². The van der Waals surface area contributed by atoms with Gasteiger partial charge < -0.3 is 19.5 Å². The monoisotopic (exact) mass is 441 g/mol. The minimum atomic E-state index is -0.824. The molecule has 0 radical (unpaired) electrons. The highest BCUT2D eigenvalue weighted by molar-refractivity contribution is 6.45. The Morgan fingerprint density at radius 2 is 1.94 bits per heavy atom. The van der Waals surface area contributed by atoms with E-state index in [9.17, 15) is 18.8 Å². The van der Waals surface area contributed by atoms with Gasteiger partial charge in [0.15, 0.2) is 11.6 Å². The molecule has 166 valence electrons. The summed E-state index contributed by atoms with van der Waals surface area (Å²) in [4.78, 5) is 48.3. The number of carbonyl (C=O) groups is 3. The summed E-state index contributed by atoms with van der Waals surface area (Å²) in [5, 5.41) is 7.52. The summed E-state index contributed by atoms with van der Waals surface area (Å²) in [5.74, 6) is -2.15. The second-order valence-electron chi connectivity index (χ2n) is 7.74. The smallest absolute Gasteiger partial charge is 0.295 e. The number of H-pyrrole nitrogens is 1. The molecule has 32 heavy (non-hydrogen) atoms. The summed E-state index contributed by atoms with van der Waals surface area (Å²) < 4.78 is 21.2. The second kappa shape index (κ2) is 8.11. The van der Waals surface area contributed by atoms with Gasteiger partial charge in [-0.25, -0.2) is 14.1 Å². The van der Waals surface area contributed by atoms with E-state index in [1.165, 1.54) is 28.2 Å². The minimum absolute atomic E-state index is 0.0211. The molecule has 2 amide bonds. The lowest BCUT2D eigenvalue weighted by Crippen LogP contribution is -2.53. The number of piperazine rings is 1. The zero-order valence-electron chi connectivity index (χ0n) is 17.0. The molecule has 0 bridgehead atoms. The summed E-state index contributed by atoms with van der Waals surface area (Å²) in [6.45, 7) is 2.17. The van der Waals surface area contributed by atoms with Crippen LogP contribution >= 0.6 is 0 Å².